The number of rotatable bonds is 5. The molecule has 124 valence electrons. The molecule has 0 bridgehead atoms. The number of aryl methyl sites for hydroxylation is 3. The fourth-order valence-corrected chi connectivity index (χ4v) is 3.47. The van der Waals surface area contributed by atoms with E-state index in [2.05, 4.69) is 10.3 Å². The summed E-state index contributed by atoms with van der Waals surface area (Å²) in [6, 6.07) is 7.75. The van der Waals surface area contributed by atoms with Gasteiger partial charge in [-0.2, -0.15) is 0 Å². The molecule has 0 radical (unpaired) electrons. The second-order valence-electron chi connectivity index (χ2n) is 5.77. The molecule has 0 saturated carbocycles. The van der Waals surface area contributed by atoms with Gasteiger partial charge in [0.2, 0.25) is 5.91 Å². The van der Waals surface area contributed by atoms with E-state index < -0.39 is 0 Å². The summed E-state index contributed by atoms with van der Waals surface area (Å²) in [5, 5.41) is 4.40. The van der Waals surface area contributed by atoms with Crippen molar-refractivity contribution in [3.05, 3.63) is 46.6 Å². The molecule has 0 atom stereocenters. The molecule has 2 aromatic heterocycles. The Labute approximate surface area is 144 Å². The summed E-state index contributed by atoms with van der Waals surface area (Å²) in [6.07, 6.45) is 2.16. The molecule has 5 nitrogen and oxygen atoms in total. The fourth-order valence-electron chi connectivity index (χ4n) is 2.64. The maximum absolute atomic E-state index is 12.2. The van der Waals surface area contributed by atoms with Crippen LogP contribution in [0.4, 0.5) is 5.13 Å². The van der Waals surface area contributed by atoms with Crippen molar-refractivity contribution in [3.63, 3.8) is 0 Å². The second kappa shape index (κ2) is 6.57. The van der Waals surface area contributed by atoms with Crippen molar-refractivity contribution in [3.8, 4) is 0 Å². The van der Waals surface area contributed by atoms with Crippen LogP contribution in [0, 0.1) is 13.8 Å². The lowest BCUT2D eigenvalue weighted by Crippen LogP contribution is -2.14. The number of benzene rings is 1. The number of amides is 1. The molecular weight excluding hydrogens is 322 g/mol. The molecule has 0 aliphatic rings. The smallest absolute Gasteiger partial charge is 0.227 e. The Morgan fingerprint density at radius 2 is 2.00 bits per heavy atom. The van der Waals surface area contributed by atoms with Gasteiger partial charge in [0.05, 0.1) is 5.69 Å². The lowest BCUT2D eigenvalue weighted by atomic mass is 10.1. The van der Waals surface area contributed by atoms with Gasteiger partial charge in [0.15, 0.2) is 10.9 Å². The summed E-state index contributed by atoms with van der Waals surface area (Å²) in [5.41, 5.74) is 2.60. The number of para-hydroxylation sites is 1. The Morgan fingerprint density at radius 1 is 1.25 bits per heavy atom. The third-order valence-corrected chi connectivity index (χ3v) is 5.01. The maximum atomic E-state index is 12.2. The Kier molecular flexibility index (Phi) is 4.49. The molecule has 3 rings (SSSR count). The molecule has 2 heterocycles. The van der Waals surface area contributed by atoms with E-state index in [1.165, 1.54) is 11.3 Å². The normalized spacial score (nSPS) is 11.0. The molecular formula is C18H19N3O2S. The van der Waals surface area contributed by atoms with E-state index in [0.29, 0.717) is 23.7 Å². The van der Waals surface area contributed by atoms with Gasteiger partial charge in [0.1, 0.15) is 0 Å². The van der Waals surface area contributed by atoms with Crippen molar-refractivity contribution in [2.24, 2.45) is 0 Å². The summed E-state index contributed by atoms with van der Waals surface area (Å²) in [4.78, 5) is 29.4. The summed E-state index contributed by atoms with van der Waals surface area (Å²) >= 11 is 1.48. The van der Waals surface area contributed by atoms with Crippen molar-refractivity contribution >= 4 is 39.1 Å². The summed E-state index contributed by atoms with van der Waals surface area (Å²) < 4.78 is 1.96. The van der Waals surface area contributed by atoms with Gasteiger partial charge in [-0.25, -0.2) is 4.98 Å². The predicted octanol–water partition coefficient (Wildman–Crippen LogP) is 3.95. The van der Waals surface area contributed by atoms with Gasteiger partial charge < -0.3 is 9.88 Å². The van der Waals surface area contributed by atoms with Crippen molar-refractivity contribution < 1.29 is 9.59 Å². The topological polar surface area (TPSA) is 64.0 Å². The van der Waals surface area contributed by atoms with E-state index in [-0.39, 0.29) is 11.7 Å². The Hall–Kier alpha value is -2.47. The number of nitrogens with one attached hydrogen (secondary N) is 1. The number of Topliss-reactive ketones (excluding diaryl/α,β-unsaturated/α-hetero) is 1. The zero-order valence-electron chi connectivity index (χ0n) is 13.9. The first-order valence-electron chi connectivity index (χ1n) is 7.78. The average molecular weight is 341 g/mol. The van der Waals surface area contributed by atoms with Crippen LogP contribution in [0.5, 0.6) is 0 Å². The number of ketones is 1. The minimum Gasteiger partial charge on any atom is -0.346 e. The number of nitrogens with zero attached hydrogens (tertiary/aromatic N) is 2. The van der Waals surface area contributed by atoms with Gasteiger partial charge in [-0.1, -0.05) is 18.2 Å². The van der Waals surface area contributed by atoms with Crippen molar-refractivity contribution in [1.82, 2.24) is 9.55 Å². The molecule has 0 spiro atoms. The zero-order valence-corrected chi connectivity index (χ0v) is 14.7. The van der Waals surface area contributed by atoms with Gasteiger partial charge in [-0.3, -0.25) is 9.59 Å². The lowest BCUT2D eigenvalue weighted by Gasteiger charge is -2.05. The molecule has 1 amide bonds. The Morgan fingerprint density at radius 3 is 2.67 bits per heavy atom. The monoisotopic (exact) mass is 341 g/mol. The molecule has 6 heteroatoms. The van der Waals surface area contributed by atoms with Crippen molar-refractivity contribution in [1.29, 1.82) is 0 Å². The maximum Gasteiger partial charge on any atom is 0.227 e. The van der Waals surface area contributed by atoms with Gasteiger partial charge in [-0.05, 0) is 26.8 Å². The van der Waals surface area contributed by atoms with Crippen LogP contribution in [-0.4, -0.2) is 21.2 Å². The zero-order chi connectivity index (χ0) is 17.3. The van der Waals surface area contributed by atoms with E-state index in [9.17, 15) is 9.59 Å². The molecule has 0 aliphatic carbocycles. The molecule has 24 heavy (non-hydrogen) atoms. The van der Waals surface area contributed by atoms with Crippen LogP contribution in [0.1, 0.15) is 34.3 Å². The van der Waals surface area contributed by atoms with Crippen LogP contribution in [0.3, 0.4) is 0 Å². The summed E-state index contributed by atoms with van der Waals surface area (Å²) in [5.74, 6) is -0.0472. The second-order valence-corrected chi connectivity index (χ2v) is 6.97. The minimum atomic E-state index is -0.0779. The number of hydrogen-bond donors (Lipinski definition) is 1. The highest BCUT2D eigenvalue weighted by Gasteiger charge is 2.13. The van der Waals surface area contributed by atoms with E-state index in [4.69, 9.17) is 0 Å². The molecule has 3 aromatic rings. The molecule has 0 saturated heterocycles. The van der Waals surface area contributed by atoms with E-state index >= 15 is 0 Å². The molecule has 0 unspecified atom stereocenters. The SMILES string of the molecule is CC(=O)c1cn(CCC(=O)Nc2nc(C)c(C)s2)c2ccccc12. The Balaban J connectivity index is 1.73. The first-order valence-corrected chi connectivity index (χ1v) is 8.60. The standard InChI is InChI=1S/C18H19N3O2S/c1-11-13(3)24-18(19-11)20-17(23)8-9-21-10-15(12(2)22)14-6-4-5-7-16(14)21/h4-7,10H,8-9H2,1-3H3,(H,19,20,23). The number of aromatic nitrogens is 2. The van der Waals surface area contributed by atoms with E-state index in [1.54, 1.807) is 6.92 Å². The minimum absolute atomic E-state index is 0.0307. The largest absolute Gasteiger partial charge is 0.346 e. The van der Waals surface area contributed by atoms with Crippen molar-refractivity contribution in [2.75, 3.05) is 5.32 Å². The van der Waals surface area contributed by atoms with Gasteiger partial charge >= 0.3 is 0 Å². The van der Waals surface area contributed by atoms with E-state index in [1.807, 2.05) is 48.9 Å². The first kappa shape index (κ1) is 16.4. The van der Waals surface area contributed by atoms with Crippen LogP contribution in [0.15, 0.2) is 30.5 Å². The predicted molar refractivity (Wildman–Crippen MR) is 96.8 cm³/mol. The molecule has 1 aromatic carbocycles. The lowest BCUT2D eigenvalue weighted by molar-refractivity contribution is -0.116. The number of hydrogen-bond acceptors (Lipinski definition) is 4. The average Bonchev–Trinajstić information content (AvgIpc) is 3.06. The number of anilines is 1. The van der Waals surface area contributed by atoms with Gasteiger partial charge in [0.25, 0.3) is 0 Å². The Bertz CT molecular complexity index is 904. The molecule has 0 aliphatic heterocycles. The number of carbonyl (C=O) groups excluding carboxylic acids is 2. The molecule has 0 fully saturated rings. The van der Waals surface area contributed by atoms with Crippen LogP contribution < -0.4 is 5.32 Å². The van der Waals surface area contributed by atoms with Crippen LogP contribution in [-0.2, 0) is 11.3 Å². The summed E-state index contributed by atoms with van der Waals surface area (Å²) in [7, 11) is 0. The number of fused-ring (bicyclic) bond motifs is 1. The third-order valence-electron chi connectivity index (χ3n) is 4.02. The first-order chi connectivity index (χ1) is 11.5. The van der Waals surface area contributed by atoms with Crippen molar-refractivity contribution in [2.45, 2.75) is 33.7 Å². The van der Waals surface area contributed by atoms with Crippen LogP contribution in [0.2, 0.25) is 0 Å². The highest BCUT2D eigenvalue weighted by Crippen LogP contribution is 2.23. The van der Waals surface area contributed by atoms with Crippen LogP contribution >= 0.6 is 11.3 Å². The van der Waals surface area contributed by atoms with Gasteiger partial charge in [-0.15, -0.1) is 11.3 Å². The highest BCUT2D eigenvalue weighted by atomic mass is 32.1. The fraction of sp³-hybridized carbons (Fsp3) is 0.278. The quantitative estimate of drug-likeness (QED) is 0.715. The van der Waals surface area contributed by atoms with Crippen LogP contribution in [0.25, 0.3) is 10.9 Å². The van der Waals surface area contributed by atoms with Gasteiger partial charge in [0, 0.05) is 40.5 Å². The number of thiazole rings is 1. The van der Waals surface area contributed by atoms with E-state index in [0.717, 1.165) is 21.5 Å². The number of carbonyl (C=O) groups is 2. The highest BCUT2D eigenvalue weighted by molar-refractivity contribution is 7.15. The molecule has 1 N–H and O–H groups in total. The third kappa shape index (κ3) is 3.23. The summed E-state index contributed by atoms with van der Waals surface area (Å²) in [6.45, 7) is 5.99.